The molecule has 0 radical (unpaired) electrons. The number of H-pyrrole nitrogens is 2. The molecule has 2 nitrogen and oxygen atoms in total. The number of hydrogen-bond donors (Lipinski definition) is 2. The number of benzene rings is 2. The third-order valence-electron chi connectivity index (χ3n) is 3.58. The maximum absolute atomic E-state index is 6.12. The van der Waals surface area contributed by atoms with Crippen LogP contribution in [0.15, 0.2) is 53.3 Å². The Bertz CT molecular complexity index is 858. The first-order chi connectivity index (χ1) is 9.72. The predicted molar refractivity (Wildman–Crippen MR) is 88.3 cm³/mol. The van der Waals surface area contributed by atoms with Crippen molar-refractivity contribution in [1.82, 2.24) is 9.97 Å². The minimum Gasteiger partial charge on any atom is -0.361 e. The highest BCUT2D eigenvalue weighted by molar-refractivity contribution is 9.10. The quantitative estimate of drug-likeness (QED) is 0.441. The lowest BCUT2D eigenvalue weighted by Crippen LogP contribution is -1.74. The first-order valence-corrected chi connectivity index (χ1v) is 7.43. The number of nitrogens with one attached hydrogen (secondary N) is 2. The highest BCUT2D eigenvalue weighted by Crippen LogP contribution is 2.35. The average molecular weight is 346 g/mol. The molecule has 0 saturated carbocycles. The van der Waals surface area contributed by atoms with Gasteiger partial charge in [-0.1, -0.05) is 27.5 Å². The van der Waals surface area contributed by atoms with Crippen LogP contribution in [0.25, 0.3) is 32.9 Å². The van der Waals surface area contributed by atoms with E-state index >= 15 is 0 Å². The molecule has 0 aliphatic carbocycles. The van der Waals surface area contributed by atoms with Gasteiger partial charge in [-0.15, -0.1) is 0 Å². The van der Waals surface area contributed by atoms with E-state index in [1.165, 1.54) is 10.9 Å². The monoisotopic (exact) mass is 344 g/mol. The highest BCUT2D eigenvalue weighted by Gasteiger charge is 2.11. The standard InChI is InChI=1S/C16H10BrClN2/c17-9-1-3-15-11(5-9)13(7-19-15)14-8-20-16-4-2-10(18)6-12(14)16/h1-8,19-20H. The van der Waals surface area contributed by atoms with E-state index in [1.807, 2.05) is 36.7 Å². The van der Waals surface area contributed by atoms with Gasteiger partial charge in [0.25, 0.3) is 0 Å². The molecule has 0 atom stereocenters. The molecule has 0 bridgehead atoms. The van der Waals surface area contributed by atoms with Crippen LogP contribution in [-0.4, -0.2) is 9.97 Å². The van der Waals surface area contributed by atoms with Crippen LogP contribution in [0.3, 0.4) is 0 Å². The summed E-state index contributed by atoms with van der Waals surface area (Å²) in [5.74, 6) is 0. The fraction of sp³-hybridized carbons (Fsp3) is 0. The Balaban J connectivity index is 2.06. The predicted octanol–water partition coefficient (Wildman–Crippen LogP) is 5.73. The van der Waals surface area contributed by atoms with Crippen LogP contribution in [-0.2, 0) is 0 Å². The topological polar surface area (TPSA) is 31.6 Å². The Labute approximate surface area is 128 Å². The summed E-state index contributed by atoms with van der Waals surface area (Å²) in [5.41, 5.74) is 4.55. The third kappa shape index (κ3) is 1.78. The van der Waals surface area contributed by atoms with Crippen LogP contribution in [0, 0.1) is 0 Å². The summed E-state index contributed by atoms with van der Waals surface area (Å²) >= 11 is 9.66. The van der Waals surface area contributed by atoms with Gasteiger partial charge in [-0.25, -0.2) is 0 Å². The average Bonchev–Trinajstić information content (AvgIpc) is 3.01. The molecule has 0 aliphatic heterocycles. The lowest BCUT2D eigenvalue weighted by molar-refractivity contribution is 1.46. The van der Waals surface area contributed by atoms with E-state index in [0.717, 1.165) is 31.5 Å². The van der Waals surface area contributed by atoms with Crippen LogP contribution in [0.1, 0.15) is 0 Å². The van der Waals surface area contributed by atoms with Gasteiger partial charge in [-0.2, -0.15) is 0 Å². The number of halogens is 2. The summed E-state index contributed by atoms with van der Waals surface area (Å²) in [7, 11) is 0. The maximum atomic E-state index is 6.12. The summed E-state index contributed by atoms with van der Waals surface area (Å²) in [4.78, 5) is 6.61. The second-order valence-electron chi connectivity index (χ2n) is 4.78. The van der Waals surface area contributed by atoms with E-state index < -0.39 is 0 Å². The van der Waals surface area contributed by atoms with Crippen molar-refractivity contribution in [2.45, 2.75) is 0 Å². The van der Waals surface area contributed by atoms with E-state index in [0.29, 0.717) is 0 Å². The molecule has 4 aromatic rings. The van der Waals surface area contributed by atoms with Crippen molar-refractivity contribution in [2.24, 2.45) is 0 Å². The fourth-order valence-electron chi connectivity index (χ4n) is 2.63. The van der Waals surface area contributed by atoms with E-state index in [-0.39, 0.29) is 0 Å². The molecule has 98 valence electrons. The van der Waals surface area contributed by atoms with Gasteiger partial charge < -0.3 is 9.97 Å². The Morgan fingerprint density at radius 1 is 0.800 bits per heavy atom. The van der Waals surface area contributed by atoms with Gasteiger partial charge in [-0.05, 0) is 36.4 Å². The molecule has 4 rings (SSSR count). The van der Waals surface area contributed by atoms with Gasteiger partial charge in [0.2, 0.25) is 0 Å². The molecule has 4 heteroatoms. The molecule has 0 fully saturated rings. The lowest BCUT2D eigenvalue weighted by Gasteiger charge is -1.99. The van der Waals surface area contributed by atoms with Crippen LogP contribution in [0.5, 0.6) is 0 Å². The van der Waals surface area contributed by atoms with Crippen LogP contribution in [0.4, 0.5) is 0 Å². The number of hydrogen-bond acceptors (Lipinski definition) is 0. The zero-order valence-electron chi connectivity index (χ0n) is 10.4. The molecule has 2 aromatic carbocycles. The van der Waals surface area contributed by atoms with Crippen LogP contribution >= 0.6 is 27.5 Å². The van der Waals surface area contributed by atoms with E-state index in [2.05, 4.69) is 38.0 Å². The van der Waals surface area contributed by atoms with Gasteiger partial charge >= 0.3 is 0 Å². The minimum absolute atomic E-state index is 0.749. The summed E-state index contributed by atoms with van der Waals surface area (Å²) in [6, 6.07) is 12.1. The number of aromatic nitrogens is 2. The molecule has 0 spiro atoms. The first kappa shape index (κ1) is 12.1. The van der Waals surface area contributed by atoms with E-state index in [9.17, 15) is 0 Å². The lowest BCUT2D eigenvalue weighted by atomic mass is 10.0. The van der Waals surface area contributed by atoms with Crippen LogP contribution < -0.4 is 0 Å². The molecule has 0 unspecified atom stereocenters. The zero-order chi connectivity index (χ0) is 13.7. The van der Waals surface area contributed by atoms with Gasteiger partial charge in [-0.3, -0.25) is 0 Å². The zero-order valence-corrected chi connectivity index (χ0v) is 12.7. The van der Waals surface area contributed by atoms with Gasteiger partial charge in [0, 0.05) is 54.8 Å². The molecule has 0 aliphatic rings. The van der Waals surface area contributed by atoms with Gasteiger partial charge in [0.1, 0.15) is 0 Å². The van der Waals surface area contributed by atoms with Crippen molar-refractivity contribution in [3.8, 4) is 11.1 Å². The molecule has 20 heavy (non-hydrogen) atoms. The summed E-state index contributed by atoms with van der Waals surface area (Å²) in [5, 5.41) is 3.08. The summed E-state index contributed by atoms with van der Waals surface area (Å²) in [6.07, 6.45) is 4.07. The van der Waals surface area contributed by atoms with E-state index in [4.69, 9.17) is 11.6 Å². The largest absolute Gasteiger partial charge is 0.361 e. The van der Waals surface area contributed by atoms with Gasteiger partial charge in [0.05, 0.1) is 0 Å². The summed E-state index contributed by atoms with van der Waals surface area (Å²) < 4.78 is 1.07. The number of aromatic amines is 2. The molecule has 0 saturated heterocycles. The Morgan fingerprint density at radius 2 is 1.40 bits per heavy atom. The Hall–Kier alpha value is -1.71. The molecule has 0 amide bonds. The van der Waals surface area contributed by atoms with Crippen LogP contribution in [0.2, 0.25) is 5.02 Å². The Morgan fingerprint density at radius 3 is 2.10 bits per heavy atom. The second-order valence-corrected chi connectivity index (χ2v) is 6.14. The Kier molecular flexibility index (Phi) is 2.65. The van der Waals surface area contributed by atoms with Crippen molar-refractivity contribution >= 4 is 49.3 Å². The minimum atomic E-state index is 0.749. The SMILES string of the molecule is Clc1ccc2[nH]cc(-c3c[nH]c4ccc(Br)cc34)c2c1. The first-order valence-electron chi connectivity index (χ1n) is 6.26. The van der Waals surface area contributed by atoms with Crippen molar-refractivity contribution in [3.63, 3.8) is 0 Å². The normalized spacial score (nSPS) is 11.5. The highest BCUT2D eigenvalue weighted by atomic mass is 79.9. The van der Waals surface area contributed by atoms with E-state index in [1.54, 1.807) is 0 Å². The molecule has 2 aromatic heterocycles. The maximum Gasteiger partial charge on any atom is 0.0461 e. The van der Waals surface area contributed by atoms with Crippen molar-refractivity contribution in [2.75, 3.05) is 0 Å². The summed E-state index contributed by atoms with van der Waals surface area (Å²) in [6.45, 7) is 0. The van der Waals surface area contributed by atoms with Crippen molar-refractivity contribution in [3.05, 3.63) is 58.3 Å². The molecular formula is C16H10BrClN2. The molecule has 2 N–H and O–H groups in total. The third-order valence-corrected chi connectivity index (χ3v) is 4.31. The smallest absolute Gasteiger partial charge is 0.0461 e. The van der Waals surface area contributed by atoms with Gasteiger partial charge in [0.15, 0.2) is 0 Å². The van der Waals surface area contributed by atoms with Crippen molar-refractivity contribution < 1.29 is 0 Å². The molecule has 2 heterocycles. The van der Waals surface area contributed by atoms with Crippen molar-refractivity contribution in [1.29, 1.82) is 0 Å². The fourth-order valence-corrected chi connectivity index (χ4v) is 3.16. The second kappa shape index (κ2) is 4.40. The number of rotatable bonds is 1. The molecular weight excluding hydrogens is 336 g/mol. The number of fused-ring (bicyclic) bond motifs is 2.